The third kappa shape index (κ3) is 4.40. The number of nitrogen functional groups attached to an aromatic ring is 1. The number of ether oxygens (including phenoxy) is 1. The highest BCUT2D eigenvalue weighted by Gasteiger charge is 1.97. The lowest BCUT2D eigenvalue weighted by molar-refractivity contribution is -0.137. The number of nitrogens with two attached hydrogens (primary N) is 1. The molecule has 0 saturated carbocycles. The number of carbonyl (C=O) groups is 1. The zero-order valence-electron chi connectivity index (χ0n) is 9.18. The maximum Gasteiger partial charge on any atom is 0.330 e. The fourth-order valence-corrected chi connectivity index (χ4v) is 1.87. The fraction of sp³-hybridized carbons (Fsp3) is 0.250. The Bertz CT molecular complexity index is 377. The first-order valence-electron chi connectivity index (χ1n) is 5.04. The van der Waals surface area contributed by atoms with Crippen LogP contribution < -0.4 is 5.73 Å². The van der Waals surface area contributed by atoms with Crippen molar-refractivity contribution in [3.8, 4) is 0 Å². The summed E-state index contributed by atoms with van der Waals surface area (Å²) in [6.45, 7) is 2.19. The lowest BCUT2D eigenvalue weighted by atomic mass is 10.3. The molecule has 16 heavy (non-hydrogen) atoms. The lowest BCUT2D eigenvalue weighted by Gasteiger charge is -2.01. The van der Waals surface area contributed by atoms with Crippen molar-refractivity contribution in [2.75, 3.05) is 18.1 Å². The van der Waals surface area contributed by atoms with Crippen molar-refractivity contribution in [2.45, 2.75) is 11.8 Å². The predicted molar refractivity (Wildman–Crippen MR) is 67.4 cm³/mol. The molecule has 0 bridgehead atoms. The third-order valence-electron chi connectivity index (χ3n) is 1.79. The van der Waals surface area contributed by atoms with Gasteiger partial charge in [-0.05, 0) is 19.1 Å². The molecule has 0 spiro atoms. The van der Waals surface area contributed by atoms with Crippen LogP contribution in [0.4, 0.5) is 5.69 Å². The van der Waals surface area contributed by atoms with Gasteiger partial charge in [0.1, 0.15) is 0 Å². The number of rotatable bonds is 5. The number of thioether (sulfide) groups is 1. The molecule has 2 N–H and O–H groups in total. The molecule has 0 aliphatic heterocycles. The van der Waals surface area contributed by atoms with Gasteiger partial charge >= 0.3 is 5.97 Å². The molecule has 0 saturated heterocycles. The zero-order chi connectivity index (χ0) is 11.8. The minimum absolute atomic E-state index is 0.302. The van der Waals surface area contributed by atoms with E-state index in [1.165, 1.54) is 6.08 Å². The van der Waals surface area contributed by atoms with Gasteiger partial charge in [-0.3, -0.25) is 0 Å². The van der Waals surface area contributed by atoms with E-state index in [2.05, 4.69) is 0 Å². The molecule has 0 unspecified atom stereocenters. The number of carbonyl (C=O) groups excluding carboxylic acids is 1. The quantitative estimate of drug-likeness (QED) is 0.370. The molecule has 0 aromatic heterocycles. The van der Waals surface area contributed by atoms with Gasteiger partial charge in [0, 0.05) is 22.4 Å². The van der Waals surface area contributed by atoms with Crippen LogP contribution in [0.25, 0.3) is 0 Å². The minimum Gasteiger partial charge on any atom is -0.463 e. The molecular weight excluding hydrogens is 222 g/mol. The van der Waals surface area contributed by atoms with Gasteiger partial charge in [-0.25, -0.2) is 4.79 Å². The standard InChI is InChI=1S/C12H15NO2S/c1-2-15-12(14)8-5-9-16-11-7-4-3-6-10(11)13/h3-8H,2,9,13H2,1H3/b8-5+. The highest BCUT2D eigenvalue weighted by molar-refractivity contribution is 7.99. The predicted octanol–water partition coefficient (Wildman–Crippen LogP) is 2.48. The van der Waals surface area contributed by atoms with Crippen LogP contribution >= 0.6 is 11.8 Å². The second-order valence-electron chi connectivity index (χ2n) is 3.00. The van der Waals surface area contributed by atoms with Gasteiger partial charge in [0.25, 0.3) is 0 Å². The Kier molecular flexibility index (Phi) is 5.50. The zero-order valence-corrected chi connectivity index (χ0v) is 10.00. The van der Waals surface area contributed by atoms with Gasteiger partial charge in [-0.2, -0.15) is 0 Å². The van der Waals surface area contributed by atoms with Gasteiger partial charge < -0.3 is 10.5 Å². The molecule has 0 radical (unpaired) electrons. The summed E-state index contributed by atoms with van der Waals surface area (Å²) in [7, 11) is 0. The van der Waals surface area contributed by atoms with Crippen molar-refractivity contribution in [2.24, 2.45) is 0 Å². The largest absolute Gasteiger partial charge is 0.463 e. The van der Waals surface area contributed by atoms with E-state index in [1.807, 2.05) is 24.3 Å². The molecule has 0 aliphatic rings. The van der Waals surface area contributed by atoms with Crippen molar-refractivity contribution in [1.29, 1.82) is 0 Å². The summed E-state index contributed by atoms with van der Waals surface area (Å²) >= 11 is 1.59. The molecule has 1 aromatic carbocycles. The molecule has 0 atom stereocenters. The Balaban J connectivity index is 2.36. The van der Waals surface area contributed by atoms with Crippen LogP contribution in [0.2, 0.25) is 0 Å². The number of hydrogen-bond donors (Lipinski definition) is 1. The summed E-state index contributed by atoms with van der Waals surface area (Å²) in [4.78, 5) is 12.0. The van der Waals surface area contributed by atoms with Gasteiger partial charge in [-0.15, -0.1) is 11.8 Å². The monoisotopic (exact) mass is 237 g/mol. The first kappa shape index (κ1) is 12.6. The Morgan fingerprint density at radius 1 is 1.50 bits per heavy atom. The number of hydrogen-bond acceptors (Lipinski definition) is 4. The second-order valence-corrected chi connectivity index (χ2v) is 4.07. The first-order valence-corrected chi connectivity index (χ1v) is 6.03. The average molecular weight is 237 g/mol. The molecule has 0 aliphatic carbocycles. The van der Waals surface area contributed by atoms with Crippen molar-refractivity contribution < 1.29 is 9.53 Å². The number of esters is 1. The molecule has 1 rings (SSSR count). The maximum absolute atomic E-state index is 11.0. The summed E-state index contributed by atoms with van der Waals surface area (Å²) in [5, 5.41) is 0. The van der Waals surface area contributed by atoms with Gasteiger partial charge in [0.15, 0.2) is 0 Å². The van der Waals surface area contributed by atoms with E-state index in [-0.39, 0.29) is 5.97 Å². The van der Waals surface area contributed by atoms with Crippen molar-refractivity contribution in [3.05, 3.63) is 36.4 Å². The smallest absolute Gasteiger partial charge is 0.330 e. The molecule has 4 heteroatoms. The highest BCUT2D eigenvalue weighted by Crippen LogP contribution is 2.23. The average Bonchev–Trinajstić information content (AvgIpc) is 2.27. The normalized spacial score (nSPS) is 10.6. The molecule has 86 valence electrons. The fourth-order valence-electron chi connectivity index (χ4n) is 1.08. The third-order valence-corrected chi connectivity index (χ3v) is 2.84. The van der Waals surface area contributed by atoms with Crippen LogP contribution in [0.5, 0.6) is 0 Å². The maximum atomic E-state index is 11.0. The Morgan fingerprint density at radius 3 is 2.94 bits per heavy atom. The minimum atomic E-state index is -0.302. The SMILES string of the molecule is CCOC(=O)/C=C/CSc1ccccc1N. The van der Waals surface area contributed by atoms with Crippen LogP contribution in [-0.4, -0.2) is 18.3 Å². The van der Waals surface area contributed by atoms with Crippen molar-refractivity contribution >= 4 is 23.4 Å². The molecule has 1 aromatic rings. The van der Waals surface area contributed by atoms with E-state index < -0.39 is 0 Å². The van der Waals surface area contributed by atoms with Gasteiger partial charge in [0.05, 0.1) is 6.61 Å². The van der Waals surface area contributed by atoms with Crippen LogP contribution in [0.3, 0.4) is 0 Å². The molecule has 3 nitrogen and oxygen atoms in total. The number of para-hydroxylation sites is 1. The summed E-state index contributed by atoms with van der Waals surface area (Å²) < 4.78 is 4.76. The molecule has 0 heterocycles. The Labute approximate surface area is 99.7 Å². The van der Waals surface area contributed by atoms with Crippen LogP contribution in [0, 0.1) is 0 Å². The molecular formula is C12H15NO2S. The summed E-state index contributed by atoms with van der Waals surface area (Å²) in [5.41, 5.74) is 6.53. The van der Waals surface area contributed by atoms with Gasteiger partial charge in [0.2, 0.25) is 0 Å². The van der Waals surface area contributed by atoms with E-state index in [9.17, 15) is 4.79 Å². The Hall–Kier alpha value is -1.42. The summed E-state index contributed by atoms with van der Waals surface area (Å²) in [6.07, 6.45) is 3.21. The lowest BCUT2D eigenvalue weighted by Crippen LogP contribution is -1.98. The first-order chi connectivity index (χ1) is 7.74. The van der Waals surface area contributed by atoms with E-state index in [4.69, 9.17) is 10.5 Å². The van der Waals surface area contributed by atoms with Crippen LogP contribution in [0.15, 0.2) is 41.3 Å². The number of anilines is 1. The van der Waals surface area contributed by atoms with E-state index in [0.717, 1.165) is 10.6 Å². The van der Waals surface area contributed by atoms with Crippen molar-refractivity contribution in [1.82, 2.24) is 0 Å². The van der Waals surface area contributed by atoms with E-state index in [1.54, 1.807) is 24.8 Å². The number of benzene rings is 1. The summed E-state index contributed by atoms with van der Waals surface area (Å²) in [6, 6.07) is 7.65. The topological polar surface area (TPSA) is 52.3 Å². The van der Waals surface area contributed by atoms with Gasteiger partial charge in [-0.1, -0.05) is 18.2 Å². The van der Waals surface area contributed by atoms with Crippen molar-refractivity contribution in [3.63, 3.8) is 0 Å². The molecule has 0 amide bonds. The van der Waals surface area contributed by atoms with Crippen LogP contribution in [0.1, 0.15) is 6.92 Å². The Morgan fingerprint density at radius 2 is 2.25 bits per heavy atom. The summed E-state index contributed by atoms with van der Waals surface area (Å²) in [5.74, 6) is 0.400. The highest BCUT2D eigenvalue weighted by atomic mass is 32.2. The van der Waals surface area contributed by atoms with E-state index in [0.29, 0.717) is 12.4 Å². The van der Waals surface area contributed by atoms with E-state index >= 15 is 0 Å². The second kappa shape index (κ2) is 6.95. The van der Waals surface area contributed by atoms with Crippen LogP contribution in [-0.2, 0) is 9.53 Å². The molecule has 0 fully saturated rings.